The highest BCUT2D eigenvalue weighted by atomic mass is 35.5. The van der Waals surface area contributed by atoms with Gasteiger partial charge in [0.2, 0.25) is 0 Å². The first kappa shape index (κ1) is 21.5. The molecule has 1 aromatic carbocycles. The molecule has 0 saturated heterocycles. The Balaban J connectivity index is 2.18. The largest absolute Gasteiger partial charge is 0.449 e. The van der Waals surface area contributed by atoms with Gasteiger partial charge in [-0.05, 0) is 38.8 Å². The summed E-state index contributed by atoms with van der Waals surface area (Å²) in [6.45, 7) is 8.34. The molecule has 1 amide bonds. The van der Waals surface area contributed by atoms with Crippen molar-refractivity contribution < 1.29 is 14.3 Å². The summed E-state index contributed by atoms with van der Waals surface area (Å²) in [5.41, 5.74) is 0.110. The molecule has 0 unspecified atom stereocenters. The maximum absolute atomic E-state index is 12.6. The first-order chi connectivity index (χ1) is 13.1. The Morgan fingerprint density at radius 2 is 1.89 bits per heavy atom. The molecule has 2 rings (SSSR count). The minimum Gasteiger partial charge on any atom is -0.449 e. The molecule has 2 atom stereocenters. The van der Waals surface area contributed by atoms with Crippen LogP contribution in [-0.4, -0.2) is 33.3 Å². The van der Waals surface area contributed by atoms with Crippen LogP contribution in [0.2, 0.25) is 5.15 Å². The molecule has 0 spiro atoms. The van der Waals surface area contributed by atoms with E-state index in [1.165, 1.54) is 11.6 Å². The van der Waals surface area contributed by atoms with E-state index in [0.29, 0.717) is 11.4 Å². The van der Waals surface area contributed by atoms with Gasteiger partial charge in [0.05, 0.1) is 17.5 Å². The molecule has 0 fully saturated rings. The maximum Gasteiger partial charge on any atom is 0.344 e. The van der Waals surface area contributed by atoms with E-state index in [1.54, 1.807) is 26.0 Å². The number of aryl methyl sites for hydroxylation is 1. The Morgan fingerprint density at radius 3 is 2.43 bits per heavy atom. The Labute approximate surface area is 169 Å². The Bertz CT molecular complexity index is 918. The van der Waals surface area contributed by atoms with Gasteiger partial charge in [-0.15, -0.1) is 0 Å². The van der Waals surface area contributed by atoms with Crippen LogP contribution in [0.1, 0.15) is 43.7 Å². The lowest BCUT2D eigenvalue weighted by Crippen LogP contribution is -2.52. The van der Waals surface area contributed by atoms with Crippen LogP contribution in [0.4, 0.5) is 0 Å². The second kappa shape index (κ2) is 8.44. The predicted molar refractivity (Wildman–Crippen MR) is 105 cm³/mol. The van der Waals surface area contributed by atoms with E-state index in [-0.39, 0.29) is 16.6 Å². The van der Waals surface area contributed by atoms with Gasteiger partial charge in [-0.25, -0.2) is 9.48 Å². The monoisotopic (exact) mass is 402 g/mol. The lowest BCUT2D eigenvalue weighted by atomic mass is 9.90. The number of ether oxygens (including phenoxy) is 1. The number of rotatable bonds is 6. The summed E-state index contributed by atoms with van der Waals surface area (Å²) in [6.07, 6.45) is -1.10. The number of hydrogen-bond acceptors (Lipinski definition) is 5. The van der Waals surface area contributed by atoms with Gasteiger partial charge >= 0.3 is 5.97 Å². The Morgan fingerprint density at radius 1 is 1.29 bits per heavy atom. The van der Waals surface area contributed by atoms with Crippen LogP contribution >= 0.6 is 11.6 Å². The van der Waals surface area contributed by atoms with Gasteiger partial charge in [0, 0.05) is 0 Å². The third kappa shape index (κ3) is 4.34. The smallest absolute Gasteiger partial charge is 0.344 e. The minimum atomic E-state index is -1.10. The van der Waals surface area contributed by atoms with Gasteiger partial charge < -0.3 is 10.1 Å². The number of carbonyl (C=O) groups excluding carboxylic acids is 2. The van der Waals surface area contributed by atoms with Gasteiger partial charge in [0.1, 0.15) is 16.3 Å². The van der Waals surface area contributed by atoms with Gasteiger partial charge in [0.15, 0.2) is 6.10 Å². The van der Waals surface area contributed by atoms with Crippen molar-refractivity contribution >= 4 is 23.5 Å². The fraction of sp³-hybridized carbons (Fsp3) is 0.400. The number of esters is 1. The molecule has 28 heavy (non-hydrogen) atoms. The fourth-order valence-corrected chi connectivity index (χ4v) is 2.75. The number of para-hydroxylation sites is 1. The van der Waals surface area contributed by atoms with Crippen LogP contribution in [0.25, 0.3) is 5.69 Å². The average Bonchev–Trinajstić information content (AvgIpc) is 2.96. The molecular formula is C20H23ClN4O3. The zero-order valence-corrected chi connectivity index (χ0v) is 17.2. The number of carbonyl (C=O) groups is 2. The van der Waals surface area contributed by atoms with E-state index >= 15 is 0 Å². The zero-order valence-electron chi connectivity index (χ0n) is 16.5. The van der Waals surface area contributed by atoms with E-state index in [1.807, 2.05) is 32.0 Å². The van der Waals surface area contributed by atoms with Crippen LogP contribution in [0.15, 0.2) is 30.3 Å². The number of aromatic nitrogens is 2. The van der Waals surface area contributed by atoms with Crippen molar-refractivity contribution in [2.75, 3.05) is 0 Å². The summed E-state index contributed by atoms with van der Waals surface area (Å²) in [5, 5.41) is 16.3. The number of nitrogens with zero attached hydrogens (tertiary/aromatic N) is 3. The highest BCUT2D eigenvalue weighted by Gasteiger charge is 2.33. The van der Waals surface area contributed by atoms with E-state index < -0.39 is 23.5 Å². The standard InChI is InChI=1S/C20H23ClN4O3/c1-12(2)20(5,11-22)23-18(26)14(4)28-19(27)16-13(3)24-25(17(16)21)15-9-7-6-8-10-15/h6-10,12,14H,1-5H3,(H,23,26)/t14-,20-/m0/s1. The van der Waals surface area contributed by atoms with Crippen molar-refractivity contribution in [2.24, 2.45) is 5.92 Å². The summed E-state index contributed by atoms with van der Waals surface area (Å²) in [5.74, 6) is -1.43. The second-order valence-electron chi connectivity index (χ2n) is 7.00. The van der Waals surface area contributed by atoms with E-state index in [4.69, 9.17) is 16.3 Å². The summed E-state index contributed by atoms with van der Waals surface area (Å²) in [7, 11) is 0. The number of nitrogens with one attached hydrogen (secondary N) is 1. The molecule has 1 heterocycles. The van der Waals surface area contributed by atoms with Crippen LogP contribution in [-0.2, 0) is 9.53 Å². The average molecular weight is 403 g/mol. The number of halogens is 1. The first-order valence-corrected chi connectivity index (χ1v) is 9.23. The molecule has 8 heteroatoms. The lowest BCUT2D eigenvalue weighted by molar-refractivity contribution is -0.130. The van der Waals surface area contributed by atoms with E-state index in [2.05, 4.69) is 16.5 Å². The molecule has 0 aliphatic carbocycles. The molecule has 1 aromatic heterocycles. The predicted octanol–water partition coefficient (Wildman–Crippen LogP) is 3.43. The molecule has 0 radical (unpaired) electrons. The summed E-state index contributed by atoms with van der Waals surface area (Å²) in [6, 6.07) is 11.2. The molecule has 0 saturated carbocycles. The maximum atomic E-state index is 12.6. The summed E-state index contributed by atoms with van der Waals surface area (Å²) < 4.78 is 6.72. The normalized spacial score (nSPS) is 14.1. The summed E-state index contributed by atoms with van der Waals surface area (Å²) >= 11 is 6.35. The van der Waals surface area contributed by atoms with Gasteiger partial charge in [-0.1, -0.05) is 43.6 Å². The highest BCUT2D eigenvalue weighted by Crippen LogP contribution is 2.25. The van der Waals surface area contributed by atoms with Gasteiger partial charge in [-0.2, -0.15) is 10.4 Å². The highest BCUT2D eigenvalue weighted by molar-refractivity contribution is 6.33. The third-order valence-corrected chi connectivity index (χ3v) is 4.98. The van der Waals surface area contributed by atoms with Crippen LogP contribution in [0, 0.1) is 24.2 Å². The van der Waals surface area contributed by atoms with Crippen LogP contribution in [0.5, 0.6) is 0 Å². The molecule has 0 aliphatic heterocycles. The second-order valence-corrected chi connectivity index (χ2v) is 7.36. The summed E-state index contributed by atoms with van der Waals surface area (Å²) in [4.78, 5) is 25.0. The van der Waals surface area contributed by atoms with Crippen molar-refractivity contribution in [3.63, 3.8) is 0 Å². The number of benzene rings is 1. The van der Waals surface area contributed by atoms with Crippen molar-refractivity contribution in [3.8, 4) is 11.8 Å². The molecule has 2 aromatic rings. The molecular weight excluding hydrogens is 380 g/mol. The van der Waals surface area contributed by atoms with Crippen molar-refractivity contribution in [1.29, 1.82) is 5.26 Å². The number of hydrogen-bond donors (Lipinski definition) is 1. The molecule has 0 aliphatic rings. The topological polar surface area (TPSA) is 97.0 Å². The van der Waals surface area contributed by atoms with Crippen molar-refractivity contribution in [2.45, 2.75) is 46.3 Å². The molecule has 7 nitrogen and oxygen atoms in total. The molecule has 0 bridgehead atoms. The zero-order chi connectivity index (χ0) is 21.1. The Hall–Kier alpha value is -2.85. The van der Waals surface area contributed by atoms with Crippen LogP contribution < -0.4 is 5.32 Å². The van der Waals surface area contributed by atoms with Crippen molar-refractivity contribution in [1.82, 2.24) is 15.1 Å². The molecule has 148 valence electrons. The van der Waals surface area contributed by atoms with Gasteiger partial charge in [-0.3, -0.25) is 4.79 Å². The SMILES string of the molecule is Cc1nn(-c2ccccc2)c(Cl)c1C(=O)O[C@@H](C)C(=O)N[C@@](C)(C#N)C(C)C. The number of nitriles is 1. The minimum absolute atomic E-state index is 0.0945. The molecule has 1 N–H and O–H groups in total. The van der Waals surface area contributed by atoms with Crippen LogP contribution in [0.3, 0.4) is 0 Å². The van der Waals surface area contributed by atoms with Gasteiger partial charge in [0.25, 0.3) is 5.91 Å². The van der Waals surface area contributed by atoms with Crippen molar-refractivity contribution in [3.05, 3.63) is 46.7 Å². The fourth-order valence-electron chi connectivity index (χ4n) is 2.40. The Kier molecular flexibility index (Phi) is 6.47. The van der Waals surface area contributed by atoms with E-state index in [0.717, 1.165) is 0 Å². The first-order valence-electron chi connectivity index (χ1n) is 8.85. The van der Waals surface area contributed by atoms with E-state index in [9.17, 15) is 14.9 Å². The number of amides is 1. The lowest BCUT2D eigenvalue weighted by Gasteiger charge is -2.28. The third-order valence-electron chi connectivity index (χ3n) is 4.63. The quantitative estimate of drug-likeness (QED) is 0.746.